The monoisotopic (exact) mass is 420 g/mol. The third-order valence-corrected chi connectivity index (χ3v) is 5.66. The summed E-state index contributed by atoms with van der Waals surface area (Å²) in [7, 11) is 3.30. The van der Waals surface area contributed by atoms with Gasteiger partial charge in [-0.05, 0) is 52.4 Å². The van der Waals surface area contributed by atoms with Crippen molar-refractivity contribution in [3.05, 3.63) is 81.4 Å². The van der Waals surface area contributed by atoms with Gasteiger partial charge in [0.1, 0.15) is 0 Å². The van der Waals surface area contributed by atoms with E-state index in [1.165, 1.54) is 28.8 Å². The van der Waals surface area contributed by atoms with Gasteiger partial charge in [-0.15, -0.1) is 0 Å². The van der Waals surface area contributed by atoms with Crippen LogP contribution in [0.1, 0.15) is 16.7 Å². The summed E-state index contributed by atoms with van der Waals surface area (Å²) in [5.74, 6) is 1.18. The topological polar surface area (TPSA) is 85.1 Å². The zero-order valence-electron chi connectivity index (χ0n) is 17.5. The predicted octanol–water partition coefficient (Wildman–Crippen LogP) is 4.54. The first-order chi connectivity index (χ1) is 15.0. The second-order valence-electron chi connectivity index (χ2n) is 7.59. The third-order valence-electron chi connectivity index (χ3n) is 5.66. The lowest BCUT2D eigenvalue weighted by atomic mass is 9.98. The van der Waals surface area contributed by atoms with Crippen LogP contribution in [0.4, 0.5) is 5.69 Å². The molecule has 0 saturated carbocycles. The van der Waals surface area contributed by atoms with Gasteiger partial charge in [0.15, 0.2) is 17.2 Å². The number of phenols is 1. The van der Waals surface area contributed by atoms with Crippen LogP contribution in [-0.2, 0) is 19.5 Å². The number of fused-ring (bicyclic) bond motifs is 1. The Hall–Kier alpha value is -3.58. The van der Waals surface area contributed by atoms with Gasteiger partial charge in [-0.2, -0.15) is 0 Å². The first-order valence-corrected chi connectivity index (χ1v) is 10.0. The molecule has 1 heterocycles. The third kappa shape index (κ3) is 4.32. The summed E-state index contributed by atoms with van der Waals surface area (Å²) >= 11 is 0. The molecule has 0 saturated heterocycles. The molecule has 7 heteroatoms. The smallest absolute Gasteiger partial charge is 0.311 e. The summed E-state index contributed by atoms with van der Waals surface area (Å²) in [5, 5.41) is 20.7. The first kappa shape index (κ1) is 20.7. The minimum atomic E-state index is -0.577. The highest BCUT2D eigenvalue weighted by atomic mass is 16.6. The Morgan fingerprint density at radius 1 is 0.968 bits per heavy atom. The van der Waals surface area contributed by atoms with Gasteiger partial charge < -0.3 is 14.6 Å². The van der Waals surface area contributed by atoms with Crippen molar-refractivity contribution in [2.75, 3.05) is 20.8 Å². The normalized spacial score (nSPS) is 13.5. The Morgan fingerprint density at radius 2 is 1.61 bits per heavy atom. The van der Waals surface area contributed by atoms with Crippen LogP contribution in [0.25, 0.3) is 11.1 Å². The number of hydrogen-bond acceptors (Lipinski definition) is 6. The van der Waals surface area contributed by atoms with E-state index in [1.54, 1.807) is 20.3 Å². The number of nitrogens with zero attached hydrogens (tertiary/aromatic N) is 2. The van der Waals surface area contributed by atoms with Gasteiger partial charge in [0, 0.05) is 25.7 Å². The second-order valence-corrected chi connectivity index (χ2v) is 7.59. The number of aromatic hydroxyl groups is 1. The molecule has 0 aromatic heterocycles. The Kier molecular flexibility index (Phi) is 5.77. The van der Waals surface area contributed by atoms with Crippen molar-refractivity contribution in [3.63, 3.8) is 0 Å². The van der Waals surface area contributed by atoms with Crippen molar-refractivity contribution in [1.29, 1.82) is 0 Å². The van der Waals surface area contributed by atoms with Crippen molar-refractivity contribution in [2.45, 2.75) is 19.5 Å². The molecule has 160 valence electrons. The van der Waals surface area contributed by atoms with E-state index in [-0.39, 0.29) is 11.4 Å². The summed E-state index contributed by atoms with van der Waals surface area (Å²) in [6.45, 7) is 2.60. The van der Waals surface area contributed by atoms with Crippen LogP contribution >= 0.6 is 0 Å². The lowest BCUT2D eigenvalue weighted by Crippen LogP contribution is -2.30. The molecule has 0 spiro atoms. The summed E-state index contributed by atoms with van der Waals surface area (Å²) in [4.78, 5) is 12.9. The zero-order valence-corrected chi connectivity index (χ0v) is 17.5. The number of rotatable bonds is 6. The Bertz CT molecular complexity index is 1110. The number of phenolic OH excluding ortho intramolecular Hbond substituents is 1. The fourth-order valence-corrected chi connectivity index (χ4v) is 3.99. The van der Waals surface area contributed by atoms with Crippen LogP contribution in [0.5, 0.6) is 17.2 Å². The molecule has 4 rings (SSSR count). The van der Waals surface area contributed by atoms with Crippen molar-refractivity contribution < 1.29 is 19.5 Å². The molecule has 0 atom stereocenters. The highest BCUT2D eigenvalue weighted by molar-refractivity contribution is 5.68. The number of nitro groups is 1. The zero-order chi connectivity index (χ0) is 22.0. The molecule has 0 radical (unpaired) electrons. The molecule has 1 aliphatic rings. The van der Waals surface area contributed by atoms with Crippen LogP contribution in [0, 0.1) is 10.1 Å². The number of methoxy groups -OCH3 is 2. The van der Waals surface area contributed by atoms with Crippen LogP contribution in [-0.4, -0.2) is 35.7 Å². The number of nitro benzene ring substituents is 1. The molecule has 0 bridgehead atoms. The summed E-state index contributed by atoms with van der Waals surface area (Å²) in [5.41, 5.74) is 4.98. The Labute approximate surface area is 180 Å². The first-order valence-electron chi connectivity index (χ1n) is 10.0. The average Bonchev–Trinajstić information content (AvgIpc) is 2.78. The lowest BCUT2D eigenvalue weighted by molar-refractivity contribution is -0.385. The number of hydrogen-bond donors (Lipinski definition) is 1. The van der Waals surface area contributed by atoms with E-state index in [0.29, 0.717) is 5.56 Å². The van der Waals surface area contributed by atoms with E-state index in [1.807, 2.05) is 24.3 Å². The summed E-state index contributed by atoms with van der Waals surface area (Å²) in [6.07, 6.45) is 0.949. The number of benzene rings is 3. The molecule has 1 N–H and O–H groups in total. The van der Waals surface area contributed by atoms with Gasteiger partial charge in [-0.25, -0.2) is 0 Å². The van der Waals surface area contributed by atoms with E-state index < -0.39 is 4.92 Å². The molecule has 3 aromatic rings. The molecule has 1 aliphatic heterocycles. The Morgan fingerprint density at radius 3 is 2.26 bits per heavy atom. The van der Waals surface area contributed by atoms with Gasteiger partial charge >= 0.3 is 5.69 Å². The van der Waals surface area contributed by atoms with Crippen molar-refractivity contribution >= 4 is 5.69 Å². The van der Waals surface area contributed by atoms with Gasteiger partial charge in [-0.1, -0.05) is 30.3 Å². The maximum Gasteiger partial charge on any atom is 0.311 e. The minimum absolute atomic E-state index is 0.291. The molecule has 0 unspecified atom stereocenters. The Balaban J connectivity index is 1.48. The second kappa shape index (κ2) is 8.65. The van der Waals surface area contributed by atoms with Crippen LogP contribution < -0.4 is 9.47 Å². The SMILES string of the molecule is COc1cc2c(cc1OC)CN(Cc1ccc(-c3ccc(O)c([N+](=O)[O-])c3)cc1)CC2. The molecule has 0 fully saturated rings. The maximum absolute atomic E-state index is 11.1. The van der Waals surface area contributed by atoms with Crippen LogP contribution in [0.2, 0.25) is 0 Å². The number of ether oxygens (including phenoxy) is 2. The van der Waals surface area contributed by atoms with Crippen molar-refractivity contribution in [2.24, 2.45) is 0 Å². The molecular formula is C24H24N2O5. The van der Waals surface area contributed by atoms with Gasteiger partial charge in [0.25, 0.3) is 0 Å². The quantitative estimate of drug-likeness (QED) is 0.465. The maximum atomic E-state index is 11.1. The molecule has 31 heavy (non-hydrogen) atoms. The fourth-order valence-electron chi connectivity index (χ4n) is 3.99. The van der Waals surface area contributed by atoms with Crippen molar-refractivity contribution in [1.82, 2.24) is 4.90 Å². The van der Waals surface area contributed by atoms with Gasteiger partial charge in [0.2, 0.25) is 0 Å². The van der Waals surface area contributed by atoms with Crippen LogP contribution in [0.15, 0.2) is 54.6 Å². The van der Waals surface area contributed by atoms with E-state index >= 15 is 0 Å². The lowest BCUT2D eigenvalue weighted by Gasteiger charge is -2.29. The largest absolute Gasteiger partial charge is 0.502 e. The molecule has 0 aliphatic carbocycles. The van der Waals surface area contributed by atoms with E-state index in [9.17, 15) is 15.2 Å². The average molecular weight is 420 g/mol. The minimum Gasteiger partial charge on any atom is -0.502 e. The standard InChI is InChI=1S/C24H24N2O5/c1-30-23-12-19-9-10-25(15-20(19)13-24(23)31-2)14-16-3-5-17(6-4-16)18-7-8-22(27)21(11-18)26(28)29/h3-8,11-13,27H,9-10,14-15H2,1-2H3. The highest BCUT2D eigenvalue weighted by Crippen LogP contribution is 2.34. The summed E-state index contributed by atoms with van der Waals surface area (Å²) < 4.78 is 10.8. The molecule has 3 aromatic carbocycles. The molecular weight excluding hydrogens is 396 g/mol. The molecule has 0 amide bonds. The van der Waals surface area contributed by atoms with Gasteiger partial charge in [0.05, 0.1) is 19.1 Å². The molecule has 7 nitrogen and oxygen atoms in total. The van der Waals surface area contributed by atoms with Gasteiger partial charge in [-0.3, -0.25) is 15.0 Å². The van der Waals surface area contributed by atoms with E-state index in [0.717, 1.165) is 43.1 Å². The summed E-state index contributed by atoms with van der Waals surface area (Å²) in [6, 6.07) is 16.5. The van der Waals surface area contributed by atoms with E-state index in [2.05, 4.69) is 17.0 Å². The predicted molar refractivity (Wildman–Crippen MR) is 118 cm³/mol. The van der Waals surface area contributed by atoms with Crippen molar-refractivity contribution in [3.8, 4) is 28.4 Å². The highest BCUT2D eigenvalue weighted by Gasteiger charge is 2.20. The fraction of sp³-hybridized carbons (Fsp3) is 0.250. The van der Waals surface area contributed by atoms with E-state index in [4.69, 9.17) is 9.47 Å². The van der Waals surface area contributed by atoms with Crippen LogP contribution in [0.3, 0.4) is 0 Å².